The Labute approximate surface area is 203 Å². The third-order valence-corrected chi connectivity index (χ3v) is 6.31. The third kappa shape index (κ3) is 9.38. The number of carbonyl (C=O) groups excluding carboxylic acids is 4. The Morgan fingerprint density at radius 2 is 1.12 bits per heavy atom. The lowest BCUT2D eigenvalue weighted by atomic mass is 9.98. The first-order valence-electron chi connectivity index (χ1n) is 12.8. The minimum absolute atomic E-state index is 0.121. The van der Waals surface area contributed by atoms with Crippen molar-refractivity contribution in [3.8, 4) is 0 Å². The fraction of sp³-hybridized carbons (Fsp3) is 0.833. The number of carbonyl (C=O) groups is 4. The zero-order valence-corrected chi connectivity index (χ0v) is 20.8. The highest BCUT2D eigenvalue weighted by atomic mass is 16.5. The molecule has 194 valence electrons. The van der Waals surface area contributed by atoms with Gasteiger partial charge < -0.3 is 29.9 Å². The number of hydrogen-bond donors (Lipinski definition) is 2. The van der Waals surface area contributed by atoms with E-state index in [0.717, 1.165) is 51.4 Å². The van der Waals surface area contributed by atoms with Crippen molar-refractivity contribution in [1.82, 2.24) is 20.4 Å². The minimum atomic E-state index is -0.226. The molecule has 4 amide bonds. The van der Waals surface area contributed by atoms with E-state index in [0.29, 0.717) is 52.5 Å². The molecule has 10 nitrogen and oxygen atoms in total. The molecule has 0 spiro atoms. The van der Waals surface area contributed by atoms with Gasteiger partial charge in [0.1, 0.15) is 0 Å². The van der Waals surface area contributed by atoms with E-state index in [9.17, 15) is 19.2 Å². The Morgan fingerprint density at radius 1 is 0.706 bits per heavy atom. The van der Waals surface area contributed by atoms with Crippen LogP contribution in [0.5, 0.6) is 0 Å². The molecule has 2 atom stereocenters. The summed E-state index contributed by atoms with van der Waals surface area (Å²) in [5.41, 5.74) is 0. The van der Waals surface area contributed by atoms with Gasteiger partial charge in [-0.3, -0.25) is 9.59 Å². The van der Waals surface area contributed by atoms with E-state index in [1.54, 1.807) is 23.6 Å². The fourth-order valence-electron chi connectivity index (χ4n) is 4.45. The topological polar surface area (TPSA) is 117 Å². The summed E-state index contributed by atoms with van der Waals surface area (Å²) in [5, 5.41) is 5.88. The number of nitrogens with zero attached hydrogens (tertiary/aromatic N) is 2. The van der Waals surface area contributed by atoms with E-state index in [2.05, 4.69) is 10.6 Å². The first kappa shape index (κ1) is 27.7. The normalized spacial score (nSPS) is 20.4. The van der Waals surface area contributed by atoms with Crippen LogP contribution in [0.4, 0.5) is 9.59 Å². The van der Waals surface area contributed by atoms with Gasteiger partial charge >= 0.3 is 24.0 Å². The maximum absolute atomic E-state index is 12.4. The summed E-state index contributed by atoms with van der Waals surface area (Å²) in [6.45, 7) is 7.65. The van der Waals surface area contributed by atoms with Crippen molar-refractivity contribution in [3.63, 3.8) is 0 Å². The van der Waals surface area contributed by atoms with Gasteiger partial charge in [0.15, 0.2) is 0 Å². The molecule has 2 heterocycles. The average Bonchev–Trinajstić information content (AvgIpc) is 2.85. The molecule has 0 saturated carbocycles. The number of unbranched alkanes of at least 4 members (excludes halogenated alkanes) is 3. The smallest absolute Gasteiger partial charge is 0.317 e. The third-order valence-electron chi connectivity index (χ3n) is 6.31. The van der Waals surface area contributed by atoms with Crippen LogP contribution in [-0.4, -0.2) is 86.3 Å². The highest BCUT2D eigenvalue weighted by Gasteiger charge is 2.30. The van der Waals surface area contributed by atoms with Gasteiger partial charge in [-0.05, 0) is 52.4 Å². The molecule has 0 aromatic carbocycles. The van der Waals surface area contributed by atoms with Gasteiger partial charge in [0.05, 0.1) is 25.0 Å². The second-order valence-electron chi connectivity index (χ2n) is 8.95. The predicted octanol–water partition coefficient (Wildman–Crippen LogP) is 2.52. The molecule has 2 saturated heterocycles. The molecule has 34 heavy (non-hydrogen) atoms. The second kappa shape index (κ2) is 15.4. The van der Waals surface area contributed by atoms with E-state index in [4.69, 9.17) is 9.47 Å². The molecule has 0 aromatic rings. The van der Waals surface area contributed by atoms with Crippen molar-refractivity contribution in [2.45, 2.75) is 65.2 Å². The molecule has 2 fully saturated rings. The van der Waals surface area contributed by atoms with Crippen molar-refractivity contribution in [3.05, 3.63) is 0 Å². The summed E-state index contributed by atoms with van der Waals surface area (Å²) < 4.78 is 10.2. The monoisotopic (exact) mass is 482 g/mol. The Kier molecular flexibility index (Phi) is 12.6. The van der Waals surface area contributed by atoms with Crippen molar-refractivity contribution in [1.29, 1.82) is 0 Å². The number of piperidine rings is 2. The first-order valence-corrected chi connectivity index (χ1v) is 12.8. The van der Waals surface area contributed by atoms with Crippen molar-refractivity contribution in [2.24, 2.45) is 11.8 Å². The Morgan fingerprint density at radius 3 is 1.50 bits per heavy atom. The Bertz CT molecular complexity index is 618. The van der Waals surface area contributed by atoms with Gasteiger partial charge in [0.25, 0.3) is 0 Å². The van der Waals surface area contributed by atoms with Gasteiger partial charge in [-0.2, -0.15) is 0 Å². The average molecular weight is 483 g/mol. The summed E-state index contributed by atoms with van der Waals surface area (Å²) in [7, 11) is 0. The molecule has 2 aliphatic heterocycles. The van der Waals surface area contributed by atoms with Gasteiger partial charge in [-0.15, -0.1) is 0 Å². The molecule has 2 aliphatic rings. The van der Waals surface area contributed by atoms with E-state index < -0.39 is 0 Å². The number of amides is 4. The van der Waals surface area contributed by atoms with Gasteiger partial charge in [0.2, 0.25) is 0 Å². The van der Waals surface area contributed by atoms with Crippen LogP contribution < -0.4 is 10.6 Å². The molecule has 0 unspecified atom stereocenters. The lowest BCUT2D eigenvalue weighted by molar-refractivity contribution is -0.150. The van der Waals surface area contributed by atoms with Crippen LogP contribution in [0, 0.1) is 11.8 Å². The van der Waals surface area contributed by atoms with E-state index in [-0.39, 0.29) is 35.8 Å². The summed E-state index contributed by atoms with van der Waals surface area (Å²) in [6, 6.07) is -0.243. The number of likely N-dealkylation sites (tertiary alicyclic amines) is 2. The van der Waals surface area contributed by atoms with Crippen molar-refractivity contribution < 1.29 is 28.7 Å². The highest BCUT2D eigenvalue weighted by Crippen LogP contribution is 2.19. The summed E-state index contributed by atoms with van der Waals surface area (Å²) in [6.07, 6.45) is 6.79. The molecule has 2 rings (SSSR count). The molecule has 0 aromatic heterocycles. The van der Waals surface area contributed by atoms with Gasteiger partial charge in [-0.25, -0.2) is 9.59 Å². The van der Waals surface area contributed by atoms with E-state index >= 15 is 0 Å². The van der Waals surface area contributed by atoms with Crippen LogP contribution >= 0.6 is 0 Å². The number of esters is 2. The standard InChI is InChI=1S/C24H42N4O6/c1-3-33-21(29)19-11-9-15-27(17-19)23(31)25-13-7-5-6-8-14-26-24(32)28-16-10-12-20(18-28)22(30)34-4-2/h19-20H,3-18H2,1-2H3,(H,25,31)(H,26,32)/t19-,20-/m1/s1. The number of urea groups is 2. The lowest BCUT2D eigenvalue weighted by Gasteiger charge is -2.31. The Balaban J connectivity index is 1.51. The zero-order chi connectivity index (χ0) is 24.8. The van der Waals surface area contributed by atoms with Crippen molar-refractivity contribution >= 4 is 24.0 Å². The van der Waals surface area contributed by atoms with Gasteiger partial charge in [-0.1, -0.05) is 12.8 Å². The fourth-order valence-corrected chi connectivity index (χ4v) is 4.45. The number of ether oxygens (including phenoxy) is 2. The molecule has 0 bridgehead atoms. The Hall–Kier alpha value is -2.52. The minimum Gasteiger partial charge on any atom is -0.466 e. The first-order chi connectivity index (χ1) is 16.5. The number of rotatable bonds is 11. The highest BCUT2D eigenvalue weighted by molar-refractivity contribution is 5.78. The molecular weight excluding hydrogens is 440 g/mol. The van der Waals surface area contributed by atoms with E-state index in [1.165, 1.54) is 0 Å². The van der Waals surface area contributed by atoms with Crippen LogP contribution in [0.2, 0.25) is 0 Å². The van der Waals surface area contributed by atoms with Gasteiger partial charge in [0, 0.05) is 39.3 Å². The second-order valence-corrected chi connectivity index (χ2v) is 8.95. The molecule has 0 radical (unpaired) electrons. The summed E-state index contributed by atoms with van der Waals surface area (Å²) >= 11 is 0. The molecule has 10 heteroatoms. The van der Waals surface area contributed by atoms with Crippen LogP contribution in [0.25, 0.3) is 0 Å². The molecule has 0 aliphatic carbocycles. The van der Waals surface area contributed by atoms with Crippen LogP contribution in [-0.2, 0) is 19.1 Å². The zero-order valence-electron chi connectivity index (χ0n) is 20.8. The van der Waals surface area contributed by atoms with Crippen molar-refractivity contribution in [2.75, 3.05) is 52.5 Å². The van der Waals surface area contributed by atoms with Crippen LogP contribution in [0.1, 0.15) is 65.2 Å². The maximum Gasteiger partial charge on any atom is 0.317 e. The number of nitrogens with one attached hydrogen (secondary N) is 2. The lowest BCUT2D eigenvalue weighted by Crippen LogP contribution is -2.47. The molecular formula is C24H42N4O6. The van der Waals surface area contributed by atoms with Crippen LogP contribution in [0.3, 0.4) is 0 Å². The number of hydrogen-bond acceptors (Lipinski definition) is 6. The summed E-state index contributed by atoms with van der Waals surface area (Å²) in [5.74, 6) is -0.885. The molecule has 2 N–H and O–H groups in total. The summed E-state index contributed by atoms with van der Waals surface area (Å²) in [4.78, 5) is 52.0. The van der Waals surface area contributed by atoms with Crippen LogP contribution in [0.15, 0.2) is 0 Å². The quantitative estimate of drug-likeness (QED) is 0.345. The largest absolute Gasteiger partial charge is 0.466 e. The van der Waals surface area contributed by atoms with E-state index in [1.807, 2.05) is 0 Å². The maximum atomic E-state index is 12.4. The SMILES string of the molecule is CCOC(=O)[C@@H]1CCCN(C(=O)NCCCCCCNC(=O)N2CCC[C@@H](C(=O)OCC)C2)C1. The predicted molar refractivity (Wildman–Crippen MR) is 127 cm³/mol.